The van der Waals surface area contributed by atoms with E-state index < -0.39 is 0 Å². The molecule has 0 aliphatic carbocycles. The average molecular weight is 183 g/mol. The van der Waals surface area contributed by atoms with Crippen molar-refractivity contribution in [3.05, 3.63) is 0 Å². The van der Waals surface area contributed by atoms with E-state index in [2.05, 4.69) is 0 Å². The highest BCUT2D eigenvalue weighted by Crippen LogP contribution is 2.09. The predicted molar refractivity (Wildman–Crippen MR) is 50.3 cm³/mol. The van der Waals surface area contributed by atoms with Crippen molar-refractivity contribution in [2.24, 2.45) is 0 Å². The second-order valence-electron chi connectivity index (χ2n) is 3.55. The maximum atomic E-state index is 11.4. The van der Waals surface area contributed by atoms with Crippen LogP contribution in [0.15, 0.2) is 0 Å². The quantitative estimate of drug-likeness (QED) is 0.617. The molecule has 0 aromatic carbocycles. The second-order valence-corrected chi connectivity index (χ2v) is 3.55. The van der Waals surface area contributed by atoms with Crippen LogP contribution in [-0.2, 0) is 9.59 Å². The van der Waals surface area contributed by atoms with Gasteiger partial charge >= 0.3 is 0 Å². The van der Waals surface area contributed by atoms with Crippen molar-refractivity contribution in [3.8, 4) is 0 Å². The number of carbonyl (C=O) groups is 2. The number of hydrogen-bond acceptors (Lipinski definition) is 2. The van der Waals surface area contributed by atoms with E-state index in [1.807, 2.05) is 6.92 Å². The third-order valence-corrected chi connectivity index (χ3v) is 2.34. The van der Waals surface area contributed by atoms with E-state index in [1.54, 1.807) is 4.90 Å². The highest BCUT2D eigenvalue weighted by Gasteiger charge is 2.19. The molecule has 0 atom stereocenters. The molecule has 0 aromatic heterocycles. The summed E-state index contributed by atoms with van der Waals surface area (Å²) in [5, 5.41) is 0. The highest BCUT2D eigenvalue weighted by molar-refractivity contribution is 5.98. The number of carbonyl (C=O) groups excluding carboxylic acids is 2. The van der Waals surface area contributed by atoms with Gasteiger partial charge in [-0.2, -0.15) is 0 Å². The maximum Gasteiger partial charge on any atom is 0.230 e. The molecule has 0 bridgehead atoms. The van der Waals surface area contributed by atoms with Crippen LogP contribution in [0.2, 0.25) is 0 Å². The van der Waals surface area contributed by atoms with Crippen LogP contribution in [-0.4, -0.2) is 29.7 Å². The molecule has 74 valence electrons. The minimum Gasteiger partial charge on any atom is -0.342 e. The van der Waals surface area contributed by atoms with Gasteiger partial charge in [0.05, 0.1) is 6.42 Å². The van der Waals surface area contributed by atoms with Crippen LogP contribution in [0.4, 0.5) is 0 Å². The summed E-state index contributed by atoms with van der Waals surface area (Å²) < 4.78 is 0. The first kappa shape index (κ1) is 10.2. The van der Waals surface area contributed by atoms with Gasteiger partial charge < -0.3 is 4.90 Å². The Balaban J connectivity index is 2.27. The zero-order valence-corrected chi connectivity index (χ0v) is 8.21. The standard InChI is InChI=1S/C10H17NO2/c1-2-5-9(12)8-10(13)11-6-3-4-7-11/h2-8H2,1H3. The molecule has 0 aromatic rings. The van der Waals surface area contributed by atoms with Gasteiger partial charge in [0.15, 0.2) is 0 Å². The minimum absolute atomic E-state index is 0.0240. The molecule has 0 radical (unpaired) electrons. The number of hydrogen-bond donors (Lipinski definition) is 0. The van der Waals surface area contributed by atoms with Gasteiger partial charge in [-0.1, -0.05) is 6.92 Å². The van der Waals surface area contributed by atoms with E-state index in [9.17, 15) is 9.59 Å². The second kappa shape index (κ2) is 5.00. The Labute approximate surface area is 79.1 Å². The molecule has 1 aliphatic heterocycles. The summed E-state index contributed by atoms with van der Waals surface area (Å²) >= 11 is 0. The van der Waals surface area contributed by atoms with E-state index in [0.717, 1.165) is 32.4 Å². The number of rotatable bonds is 4. The van der Waals surface area contributed by atoms with Crippen LogP contribution in [0, 0.1) is 0 Å². The van der Waals surface area contributed by atoms with E-state index in [0.29, 0.717) is 6.42 Å². The molecule has 1 aliphatic rings. The van der Waals surface area contributed by atoms with Crippen LogP contribution in [0.5, 0.6) is 0 Å². The van der Waals surface area contributed by atoms with E-state index in [4.69, 9.17) is 0 Å². The van der Waals surface area contributed by atoms with Crippen molar-refractivity contribution >= 4 is 11.7 Å². The Hall–Kier alpha value is -0.860. The first-order valence-electron chi connectivity index (χ1n) is 5.03. The summed E-state index contributed by atoms with van der Waals surface area (Å²) in [5.74, 6) is 0.107. The SMILES string of the molecule is CCCC(=O)CC(=O)N1CCCC1. The fraction of sp³-hybridized carbons (Fsp3) is 0.800. The van der Waals surface area contributed by atoms with Crippen molar-refractivity contribution < 1.29 is 9.59 Å². The summed E-state index contributed by atoms with van der Waals surface area (Å²) in [6.07, 6.45) is 3.68. The van der Waals surface area contributed by atoms with E-state index in [1.165, 1.54) is 0 Å². The van der Waals surface area contributed by atoms with Crippen molar-refractivity contribution in [2.45, 2.75) is 39.0 Å². The van der Waals surface area contributed by atoms with Gasteiger partial charge in [0.25, 0.3) is 0 Å². The molecule has 1 amide bonds. The van der Waals surface area contributed by atoms with Crippen LogP contribution < -0.4 is 0 Å². The van der Waals surface area contributed by atoms with Crippen LogP contribution >= 0.6 is 0 Å². The molecule has 0 unspecified atom stereocenters. The summed E-state index contributed by atoms with van der Waals surface area (Å²) in [6.45, 7) is 3.65. The lowest BCUT2D eigenvalue weighted by atomic mass is 10.1. The van der Waals surface area contributed by atoms with Crippen LogP contribution in [0.1, 0.15) is 39.0 Å². The summed E-state index contributed by atoms with van der Waals surface area (Å²) in [7, 11) is 0. The molecule has 13 heavy (non-hydrogen) atoms. The van der Waals surface area contributed by atoms with Crippen molar-refractivity contribution in [1.82, 2.24) is 4.90 Å². The van der Waals surface area contributed by atoms with Gasteiger partial charge in [-0.25, -0.2) is 0 Å². The zero-order chi connectivity index (χ0) is 9.68. The fourth-order valence-corrected chi connectivity index (χ4v) is 1.61. The highest BCUT2D eigenvalue weighted by atomic mass is 16.2. The summed E-state index contributed by atoms with van der Waals surface area (Å²) in [5.41, 5.74) is 0. The van der Waals surface area contributed by atoms with Gasteiger partial charge in [-0.3, -0.25) is 9.59 Å². The smallest absolute Gasteiger partial charge is 0.230 e. The van der Waals surface area contributed by atoms with Gasteiger partial charge in [0.2, 0.25) is 5.91 Å². The Kier molecular flexibility index (Phi) is 3.93. The lowest BCUT2D eigenvalue weighted by molar-refractivity contribution is -0.134. The molecule has 0 spiro atoms. The van der Waals surface area contributed by atoms with Crippen molar-refractivity contribution in [3.63, 3.8) is 0 Å². The number of likely N-dealkylation sites (tertiary alicyclic amines) is 1. The minimum atomic E-state index is 0.0240. The third-order valence-electron chi connectivity index (χ3n) is 2.34. The monoisotopic (exact) mass is 183 g/mol. The Morgan fingerprint density at radius 2 is 1.85 bits per heavy atom. The van der Waals surface area contributed by atoms with Gasteiger partial charge in [-0.05, 0) is 19.3 Å². The Morgan fingerprint density at radius 1 is 1.23 bits per heavy atom. The predicted octanol–water partition coefficient (Wildman–Crippen LogP) is 1.37. The molecular weight excluding hydrogens is 166 g/mol. The largest absolute Gasteiger partial charge is 0.342 e. The number of nitrogens with zero attached hydrogens (tertiary/aromatic N) is 1. The number of amides is 1. The Bertz CT molecular complexity index is 195. The van der Waals surface area contributed by atoms with Gasteiger partial charge in [0.1, 0.15) is 5.78 Å². The lowest BCUT2D eigenvalue weighted by Gasteiger charge is -2.14. The van der Waals surface area contributed by atoms with Crippen LogP contribution in [0.3, 0.4) is 0 Å². The van der Waals surface area contributed by atoms with E-state index >= 15 is 0 Å². The first-order valence-corrected chi connectivity index (χ1v) is 5.03. The molecule has 1 rings (SSSR count). The molecule has 0 N–H and O–H groups in total. The normalized spacial score (nSPS) is 16.2. The fourth-order valence-electron chi connectivity index (χ4n) is 1.61. The topological polar surface area (TPSA) is 37.4 Å². The summed E-state index contributed by atoms with van der Waals surface area (Å²) in [6, 6.07) is 0. The molecule has 0 saturated carbocycles. The third kappa shape index (κ3) is 3.17. The van der Waals surface area contributed by atoms with Crippen molar-refractivity contribution in [1.29, 1.82) is 0 Å². The van der Waals surface area contributed by atoms with Gasteiger partial charge in [-0.15, -0.1) is 0 Å². The number of Topliss-reactive ketones (excluding diaryl/α,β-unsaturated/α-hetero) is 1. The Morgan fingerprint density at radius 3 is 2.38 bits per heavy atom. The molecule has 1 heterocycles. The molecule has 1 fully saturated rings. The first-order chi connectivity index (χ1) is 6.24. The molecular formula is C10H17NO2. The summed E-state index contributed by atoms with van der Waals surface area (Å²) in [4.78, 5) is 24.4. The average Bonchev–Trinajstić information content (AvgIpc) is 2.55. The van der Waals surface area contributed by atoms with Crippen molar-refractivity contribution in [2.75, 3.05) is 13.1 Å². The zero-order valence-electron chi connectivity index (χ0n) is 8.21. The lowest BCUT2D eigenvalue weighted by Crippen LogP contribution is -2.29. The maximum absolute atomic E-state index is 11.4. The number of ketones is 1. The van der Waals surface area contributed by atoms with Crippen LogP contribution in [0.25, 0.3) is 0 Å². The molecule has 3 heteroatoms. The van der Waals surface area contributed by atoms with E-state index in [-0.39, 0.29) is 18.1 Å². The molecule has 3 nitrogen and oxygen atoms in total. The van der Waals surface area contributed by atoms with Gasteiger partial charge in [0, 0.05) is 19.5 Å². The molecule has 1 saturated heterocycles.